The molecule has 0 unspecified atom stereocenters. The number of benzene rings is 2. The largest absolute Gasteiger partial charge is 0.490 e. The van der Waals surface area contributed by atoms with Gasteiger partial charge < -0.3 is 14.6 Å². The summed E-state index contributed by atoms with van der Waals surface area (Å²) < 4.78 is 11.6. The fourth-order valence-corrected chi connectivity index (χ4v) is 3.65. The summed E-state index contributed by atoms with van der Waals surface area (Å²) in [6.07, 6.45) is 3.25. The SMILES string of the molecule is CCCc1nc(S/C(=C\c2ccc(OCc3ccc(Cl)cc3)c(OCC)c2)C(=O)O)n[nH]1. The van der Waals surface area contributed by atoms with Gasteiger partial charge in [-0.1, -0.05) is 36.7 Å². The summed E-state index contributed by atoms with van der Waals surface area (Å²) in [5.74, 6) is 0.785. The van der Waals surface area contributed by atoms with Gasteiger partial charge in [-0.15, -0.1) is 5.10 Å². The van der Waals surface area contributed by atoms with Crippen molar-refractivity contribution >= 4 is 35.4 Å². The molecule has 168 valence electrons. The number of carboxylic acids is 1. The highest BCUT2D eigenvalue weighted by Crippen LogP contribution is 2.32. The third kappa shape index (κ3) is 6.77. The smallest absolute Gasteiger partial charge is 0.342 e. The van der Waals surface area contributed by atoms with Gasteiger partial charge in [-0.05, 0) is 66.6 Å². The predicted octanol–water partition coefficient (Wildman–Crippen LogP) is 5.61. The number of thioether (sulfide) groups is 1. The van der Waals surface area contributed by atoms with Gasteiger partial charge in [0.2, 0.25) is 5.16 Å². The molecule has 0 bridgehead atoms. The molecule has 0 aliphatic rings. The molecule has 9 heteroatoms. The van der Waals surface area contributed by atoms with E-state index < -0.39 is 5.97 Å². The Bertz CT molecular complexity index is 1080. The summed E-state index contributed by atoms with van der Waals surface area (Å²) in [6, 6.07) is 12.7. The number of hydrogen-bond donors (Lipinski definition) is 2. The van der Waals surface area contributed by atoms with Crippen LogP contribution in [0.5, 0.6) is 11.5 Å². The lowest BCUT2D eigenvalue weighted by atomic mass is 10.2. The molecule has 0 aliphatic heterocycles. The summed E-state index contributed by atoms with van der Waals surface area (Å²) in [6.45, 7) is 4.72. The van der Waals surface area contributed by atoms with Crippen LogP contribution in [0.3, 0.4) is 0 Å². The zero-order chi connectivity index (χ0) is 22.9. The van der Waals surface area contributed by atoms with Crippen LogP contribution in [-0.4, -0.2) is 32.9 Å². The van der Waals surface area contributed by atoms with Gasteiger partial charge in [-0.3, -0.25) is 5.10 Å². The Labute approximate surface area is 195 Å². The fraction of sp³-hybridized carbons (Fsp3) is 0.261. The van der Waals surface area contributed by atoms with Crippen molar-refractivity contribution in [1.82, 2.24) is 15.2 Å². The molecule has 0 amide bonds. The number of aliphatic carboxylic acids is 1. The highest BCUT2D eigenvalue weighted by molar-refractivity contribution is 8.04. The number of ether oxygens (including phenoxy) is 2. The number of carboxylic acid groups (broad SMARTS) is 1. The molecule has 3 rings (SSSR count). The first-order chi connectivity index (χ1) is 15.5. The second-order valence-corrected chi connectivity index (χ2v) is 8.23. The van der Waals surface area contributed by atoms with Gasteiger partial charge in [0.1, 0.15) is 17.3 Å². The van der Waals surface area contributed by atoms with E-state index in [0.717, 1.165) is 36.0 Å². The maximum atomic E-state index is 11.8. The first kappa shape index (κ1) is 23.7. The highest BCUT2D eigenvalue weighted by Gasteiger charge is 2.15. The topological polar surface area (TPSA) is 97.3 Å². The third-order valence-corrected chi connectivity index (χ3v) is 5.41. The number of carbonyl (C=O) groups is 1. The Kier molecular flexibility index (Phi) is 8.58. The Hall–Kier alpha value is -2.97. The molecule has 0 spiro atoms. The molecule has 1 heterocycles. The van der Waals surface area contributed by atoms with Crippen molar-refractivity contribution < 1.29 is 19.4 Å². The van der Waals surface area contributed by atoms with Gasteiger partial charge in [-0.2, -0.15) is 0 Å². The molecule has 2 aromatic carbocycles. The molecule has 0 saturated carbocycles. The minimum Gasteiger partial charge on any atom is -0.490 e. The van der Waals surface area contributed by atoms with Gasteiger partial charge >= 0.3 is 5.97 Å². The number of rotatable bonds is 11. The molecule has 0 radical (unpaired) electrons. The maximum Gasteiger partial charge on any atom is 0.342 e. The van der Waals surface area contributed by atoms with Crippen LogP contribution in [0.25, 0.3) is 6.08 Å². The zero-order valence-electron chi connectivity index (χ0n) is 17.8. The van der Waals surface area contributed by atoms with Crippen molar-refractivity contribution in [3.63, 3.8) is 0 Å². The lowest BCUT2D eigenvalue weighted by molar-refractivity contribution is -0.131. The molecule has 7 nitrogen and oxygen atoms in total. The number of halogens is 1. The van der Waals surface area contributed by atoms with Crippen LogP contribution in [0.15, 0.2) is 52.5 Å². The summed E-state index contributed by atoms with van der Waals surface area (Å²) in [5, 5.41) is 17.6. The number of aromatic amines is 1. The second-order valence-electron chi connectivity index (χ2n) is 6.78. The molecule has 3 aromatic rings. The third-order valence-electron chi connectivity index (χ3n) is 4.28. The van der Waals surface area contributed by atoms with Crippen LogP contribution in [0.4, 0.5) is 0 Å². The van der Waals surface area contributed by atoms with E-state index in [-0.39, 0.29) is 4.91 Å². The molecule has 2 N–H and O–H groups in total. The number of H-pyrrole nitrogens is 1. The van der Waals surface area contributed by atoms with Crippen molar-refractivity contribution in [2.45, 2.75) is 38.5 Å². The van der Waals surface area contributed by atoms with Crippen LogP contribution < -0.4 is 9.47 Å². The number of aryl methyl sites for hydroxylation is 1. The van der Waals surface area contributed by atoms with E-state index in [9.17, 15) is 9.90 Å². The minimum atomic E-state index is -1.06. The molecule has 0 atom stereocenters. The molecule has 0 saturated heterocycles. The van der Waals surface area contributed by atoms with E-state index in [1.165, 1.54) is 0 Å². The Morgan fingerprint density at radius 3 is 2.62 bits per heavy atom. The van der Waals surface area contributed by atoms with Crippen molar-refractivity contribution in [2.24, 2.45) is 0 Å². The molecule has 0 aliphatic carbocycles. The minimum absolute atomic E-state index is 0.101. The highest BCUT2D eigenvalue weighted by atomic mass is 35.5. The standard InChI is InChI=1S/C23H24ClN3O4S/c1-3-5-21-25-23(27-26-21)32-20(22(28)29)13-16-8-11-18(19(12-16)30-4-2)31-14-15-6-9-17(24)10-7-15/h6-13H,3-5,14H2,1-2H3,(H,28,29)(H,25,26,27)/b20-13-. The van der Waals surface area contributed by atoms with Crippen molar-refractivity contribution in [2.75, 3.05) is 6.61 Å². The predicted molar refractivity (Wildman–Crippen MR) is 125 cm³/mol. The van der Waals surface area contributed by atoms with E-state index >= 15 is 0 Å². The van der Waals surface area contributed by atoms with E-state index in [2.05, 4.69) is 15.2 Å². The Balaban J connectivity index is 1.78. The van der Waals surface area contributed by atoms with Gasteiger partial charge in [-0.25, -0.2) is 9.78 Å². The van der Waals surface area contributed by atoms with Crippen LogP contribution in [0.2, 0.25) is 5.02 Å². The van der Waals surface area contributed by atoms with Gasteiger partial charge in [0, 0.05) is 11.4 Å². The summed E-state index contributed by atoms with van der Waals surface area (Å²) in [5.41, 5.74) is 1.64. The fourth-order valence-electron chi connectivity index (χ4n) is 2.80. The lowest BCUT2D eigenvalue weighted by Gasteiger charge is -2.13. The quantitative estimate of drug-likeness (QED) is 0.276. The van der Waals surface area contributed by atoms with E-state index in [1.54, 1.807) is 24.3 Å². The molecule has 32 heavy (non-hydrogen) atoms. The van der Waals surface area contributed by atoms with Gasteiger partial charge in [0.15, 0.2) is 11.5 Å². The Morgan fingerprint density at radius 2 is 1.94 bits per heavy atom. The summed E-state index contributed by atoms with van der Waals surface area (Å²) >= 11 is 6.92. The number of nitrogens with one attached hydrogen (secondary N) is 1. The normalized spacial score (nSPS) is 11.4. The lowest BCUT2D eigenvalue weighted by Crippen LogP contribution is -2.00. The molecular formula is C23H24ClN3O4S. The van der Waals surface area contributed by atoms with Crippen LogP contribution in [-0.2, 0) is 17.8 Å². The number of aromatic nitrogens is 3. The van der Waals surface area contributed by atoms with Gasteiger partial charge in [0.25, 0.3) is 0 Å². The maximum absolute atomic E-state index is 11.8. The summed E-state index contributed by atoms with van der Waals surface area (Å²) in [7, 11) is 0. The first-order valence-electron chi connectivity index (χ1n) is 10.2. The number of nitrogens with zero attached hydrogens (tertiary/aromatic N) is 2. The van der Waals surface area contributed by atoms with Gasteiger partial charge in [0.05, 0.1) is 6.61 Å². The Morgan fingerprint density at radius 1 is 1.16 bits per heavy atom. The molecular weight excluding hydrogens is 450 g/mol. The second kappa shape index (κ2) is 11.6. The van der Waals surface area contributed by atoms with Crippen molar-refractivity contribution in [3.8, 4) is 11.5 Å². The van der Waals surface area contributed by atoms with E-state index in [0.29, 0.717) is 40.5 Å². The monoisotopic (exact) mass is 473 g/mol. The van der Waals surface area contributed by atoms with Crippen LogP contribution >= 0.6 is 23.4 Å². The first-order valence-corrected chi connectivity index (χ1v) is 11.4. The van der Waals surface area contributed by atoms with Crippen molar-refractivity contribution in [1.29, 1.82) is 0 Å². The molecule has 0 fully saturated rings. The average molecular weight is 474 g/mol. The average Bonchev–Trinajstić information content (AvgIpc) is 3.21. The van der Waals surface area contributed by atoms with E-state index in [1.807, 2.05) is 38.1 Å². The molecule has 1 aromatic heterocycles. The van der Waals surface area contributed by atoms with Crippen LogP contribution in [0.1, 0.15) is 37.2 Å². The van der Waals surface area contributed by atoms with E-state index in [4.69, 9.17) is 21.1 Å². The zero-order valence-corrected chi connectivity index (χ0v) is 19.4. The van der Waals surface area contributed by atoms with Crippen LogP contribution in [0, 0.1) is 0 Å². The van der Waals surface area contributed by atoms with Crippen molar-refractivity contribution in [3.05, 3.63) is 69.3 Å². The number of hydrogen-bond acceptors (Lipinski definition) is 6. The summed E-state index contributed by atoms with van der Waals surface area (Å²) in [4.78, 5) is 16.2.